The van der Waals surface area contributed by atoms with Gasteiger partial charge in [-0.25, -0.2) is 4.39 Å². The number of fused-ring (bicyclic) bond motifs is 3. The van der Waals surface area contributed by atoms with Crippen LogP contribution in [0.5, 0.6) is 0 Å². The number of hydrogen-bond donors (Lipinski definition) is 0. The normalized spacial score (nSPS) is 37.0. The van der Waals surface area contributed by atoms with Gasteiger partial charge >= 0.3 is 0 Å². The summed E-state index contributed by atoms with van der Waals surface area (Å²) in [5, 5.41) is 4.88. The van der Waals surface area contributed by atoms with Gasteiger partial charge in [0.25, 0.3) is 0 Å². The van der Waals surface area contributed by atoms with Crippen molar-refractivity contribution in [2.24, 2.45) is 17.9 Å². The number of nitrogens with zero attached hydrogens (tertiary/aromatic N) is 3. The summed E-state index contributed by atoms with van der Waals surface area (Å²) < 4.78 is 17.3. The van der Waals surface area contributed by atoms with Crippen molar-refractivity contribution in [3.05, 3.63) is 46.2 Å². The highest BCUT2D eigenvalue weighted by Crippen LogP contribution is 2.71. The molecule has 7 fully saturated rings. The zero-order valence-electron chi connectivity index (χ0n) is 20.7. The van der Waals surface area contributed by atoms with Crippen LogP contribution in [0.1, 0.15) is 94.4 Å². The van der Waals surface area contributed by atoms with E-state index in [0.717, 1.165) is 36.0 Å². The van der Waals surface area contributed by atoms with E-state index in [1.54, 1.807) is 0 Å². The summed E-state index contributed by atoms with van der Waals surface area (Å²) in [6.07, 6.45) is 11.9. The molecule has 9 rings (SSSR count). The third kappa shape index (κ3) is 3.64. The molecule has 0 spiro atoms. The first-order valence-electron chi connectivity index (χ1n) is 13.5. The Balaban J connectivity index is 1.11. The molecule has 35 heavy (non-hydrogen) atoms. The van der Waals surface area contributed by atoms with Gasteiger partial charge in [0.15, 0.2) is 0 Å². The third-order valence-electron chi connectivity index (χ3n) is 10.4. The molecule has 1 heterocycles. The molecule has 6 heteroatoms. The van der Waals surface area contributed by atoms with Crippen LogP contribution in [-0.4, -0.2) is 27.9 Å². The Bertz CT molecular complexity index is 1160. The Morgan fingerprint density at radius 2 is 1.77 bits per heavy atom. The van der Waals surface area contributed by atoms with Gasteiger partial charge in [-0.3, -0.25) is 9.48 Å². The smallest absolute Gasteiger partial charge is 0.227 e. The van der Waals surface area contributed by atoms with E-state index in [0.29, 0.717) is 31.6 Å². The fourth-order valence-corrected chi connectivity index (χ4v) is 8.60. The number of aryl methyl sites for hydroxylation is 1. The Hall–Kier alpha value is -1.69. The molecule has 7 aliphatic carbocycles. The molecular formula is C29H35BrFN3O. The highest BCUT2D eigenvalue weighted by Gasteiger charge is 2.69. The van der Waals surface area contributed by atoms with E-state index in [1.807, 2.05) is 12.1 Å². The Morgan fingerprint density at radius 3 is 2.37 bits per heavy atom. The van der Waals surface area contributed by atoms with Crippen LogP contribution in [0.3, 0.4) is 0 Å². The number of halogens is 2. The Morgan fingerprint density at radius 1 is 1.09 bits per heavy atom. The topological polar surface area (TPSA) is 38.1 Å². The van der Waals surface area contributed by atoms with Gasteiger partial charge in [-0.15, -0.1) is 0 Å². The molecular weight excluding hydrogens is 505 g/mol. The first-order valence-corrected chi connectivity index (χ1v) is 14.3. The minimum atomic E-state index is -0.958. The van der Waals surface area contributed by atoms with E-state index in [2.05, 4.69) is 50.8 Å². The van der Waals surface area contributed by atoms with Gasteiger partial charge in [0.2, 0.25) is 5.91 Å². The molecule has 0 radical (unpaired) electrons. The van der Waals surface area contributed by atoms with Crippen molar-refractivity contribution in [3.63, 3.8) is 0 Å². The molecule has 186 valence electrons. The van der Waals surface area contributed by atoms with Gasteiger partial charge < -0.3 is 4.90 Å². The number of hydrogen-bond acceptors (Lipinski definition) is 2. The van der Waals surface area contributed by atoms with Gasteiger partial charge in [-0.05, 0) is 106 Å². The van der Waals surface area contributed by atoms with Crippen molar-refractivity contribution in [3.8, 4) is 0 Å². The molecule has 7 saturated carbocycles. The quantitative estimate of drug-likeness (QED) is 0.381. The van der Waals surface area contributed by atoms with Crippen LogP contribution < -0.4 is 4.90 Å². The van der Waals surface area contributed by atoms with E-state index in [1.165, 1.54) is 43.5 Å². The zero-order valence-corrected chi connectivity index (χ0v) is 22.2. The third-order valence-corrected chi connectivity index (χ3v) is 10.8. The second kappa shape index (κ2) is 7.43. The highest BCUT2D eigenvalue weighted by molar-refractivity contribution is 9.10. The van der Waals surface area contributed by atoms with Crippen molar-refractivity contribution < 1.29 is 9.18 Å². The lowest BCUT2D eigenvalue weighted by atomic mass is 9.41. The molecule has 0 unspecified atom stereocenters. The van der Waals surface area contributed by atoms with Crippen LogP contribution in [0.15, 0.2) is 34.8 Å². The molecule has 4 nitrogen and oxygen atoms in total. The summed E-state index contributed by atoms with van der Waals surface area (Å²) in [7, 11) is 2.13. The number of amides is 1. The molecule has 1 aromatic heterocycles. The summed E-state index contributed by atoms with van der Waals surface area (Å²) in [4.78, 5) is 15.8. The van der Waals surface area contributed by atoms with Crippen molar-refractivity contribution >= 4 is 27.5 Å². The summed E-state index contributed by atoms with van der Waals surface area (Å²) in [6, 6.07) is 10.6. The second-order valence-electron chi connectivity index (χ2n) is 13.0. The van der Waals surface area contributed by atoms with Gasteiger partial charge in [0.1, 0.15) is 5.67 Å². The first kappa shape index (κ1) is 22.5. The van der Waals surface area contributed by atoms with Crippen LogP contribution in [0.2, 0.25) is 0 Å². The van der Waals surface area contributed by atoms with Crippen molar-refractivity contribution in [2.75, 3.05) is 11.4 Å². The van der Waals surface area contributed by atoms with Crippen LogP contribution in [-0.2, 0) is 17.3 Å². The van der Waals surface area contributed by atoms with Crippen molar-refractivity contribution in [2.45, 2.75) is 94.1 Å². The lowest BCUT2D eigenvalue weighted by molar-refractivity contribution is -0.215. The molecule has 7 aliphatic rings. The number of anilines is 1. The second-order valence-corrected chi connectivity index (χ2v) is 13.9. The van der Waals surface area contributed by atoms with E-state index in [-0.39, 0.29) is 22.2 Å². The van der Waals surface area contributed by atoms with Gasteiger partial charge in [-0.2, -0.15) is 5.10 Å². The highest BCUT2D eigenvalue weighted by atomic mass is 79.9. The first-order chi connectivity index (χ1) is 16.7. The summed E-state index contributed by atoms with van der Waals surface area (Å²) in [6.45, 7) is 0.786. The maximum atomic E-state index is 14.2. The number of rotatable bonds is 7. The molecule has 0 saturated heterocycles. The van der Waals surface area contributed by atoms with E-state index >= 15 is 0 Å². The van der Waals surface area contributed by atoms with Crippen LogP contribution in [0, 0.1) is 10.8 Å². The molecule has 4 bridgehead atoms. The predicted octanol–water partition coefficient (Wildman–Crippen LogP) is 6.97. The lowest BCUT2D eigenvalue weighted by Gasteiger charge is -2.66. The van der Waals surface area contributed by atoms with Crippen LogP contribution in [0.4, 0.5) is 10.1 Å². The summed E-state index contributed by atoms with van der Waals surface area (Å²) >= 11 is 3.60. The molecule has 0 N–H and O–H groups in total. The largest absolute Gasteiger partial charge is 0.312 e. The SMILES string of the molecule is Cn1nc(C2CC2)cc1C12CCC(CN(C(=O)CC34CC(F)(C3)C4)c3cccc(Br)c3)(CC1)CC2. The lowest BCUT2D eigenvalue weighted by Crippen LogP contribution is -2.65. The molecule has 1 amide bonds. The van der Waals surface area contributed by atoms with Gasteiger partial charge in [0, 0.05) is 47.2 Å². The number of alkyl halides is 1. The van der Waals surface area contributed by atoms with Crippen molar-refractivity contribution in [1.29, 1.82) is 0 Å². The molecule has 1 aromatic carbocycles. The molecule has 2 aromatic rings. The maximum Gasteiger partial charge on any atom is 0.227 e. The Labute approximate surface area is 215 Å². The zero-order chi connectivity index (χ0) is 24.1. The minimum absolute atomic E-state index is 0.0686. The van der Waals surface area contributed by atoms with E-state index < -0.39 is 5.67 Å². The predicted molar refractivity (Wildman–Crippen MR) is 138 cm³/mol. The molecule has 0 aliphatic heterocycles. The van der Waals surface area contributed by atoms with E-state index in [9.17, 15) is 9.18 Å². The number of aromatic nitrogens is 2. The van der Waals surface area contributed by atoms with Crippen LogP contribution >= 0.6 is 15.9 Å². The maximum absolute atomic E-state index is 14.2. The summed E-state index contributed by atoms with van der Waals surface area (Å²) in [5.74, 6) is 0.873. The van der Waals surface area contributed by atoms with Crippen molar-refractivity contribution in [1.82, 2.24) is 9.78 Å². The van der Waals surface area contributed by atoms with E-state index in [4.69, 9.17) is 5.10 Å². The Kier molecular flexibility index (Phi) is 4.77. The fraction of sp³-hybridized carbons (Fsp3) is 0.655. The van der Waals surface area contributed by atoms with Crippen LogP contribution in [0.25, 0.3) is 0 Å². The monoisotopic (exact) mass is 539 g/mol. The van der Waals surface area contributed by atoms with Gasteiger partial charge in [-0.1, -0.05) is 22.0 Å². The standard InChI is InChI=1S/C29H35BrFN3O/c1-33-24(14-23(32-33)20-5-6-20)28-10-7-26(8-11-28,9-12-28)19-34(22-4-2-3-21(30)13-22)25(35)15-27-16-29(31,17-27)18-27/h2-4,13-14,20H,5-12,15-19H2,1H3. The number of carbonyl (C=O) groups is 1. The number of carbonyl (C=O) groups excluding carboxylic acids is 1. The average molecular weight is 541 g/mol. The fourth-order valence-electron chi connectivity index (χ4n) is 8.22. The van der Waals surface area contributed by atoms with Gasteiger partial charge in [0.05, 0.1) is 5.69 Å². The minimum Gasteiger partial charge on any atom is -0.312 e. The average Bonchev–Trinajstić information content (AvgIpc) is 3.58. The molecule has 0 atom stereocenters. The summed E-state index contributed by atoms with van der Waals surface area (Å²) in [5.41, 5.74) is 3.12. The number of benzene rings is 1.